The third-order valence-corrected chi connectivity index (χ3v) is 4.83. The van der Waals surface area contributed by atoms with E-state index in [1.54, 1.807) is 0 Å². The number of carbonyl (C=O) groups is 2. The van der Waals surface area contributed by atoms with Crippen LogP contribution in [0.15, 0.2) is 0 Å². The monoisotopic (exact) mass is 316 g/mol. The van der Waals surface area contributed by atoms with Gasteiger partial charge in [-0.1, -0.05) is 0 Å². The minimum Gasteiger partial charge on any atom is -0.520 e. The van der Waals surface area contributed by atoms with Crippen molar-refractivity contribution in [3.8, 4) is 0 Å². The van der Waals surface area contributed by atoms with E-state index < -0.39 is 16.6 Å². The van der Waals surface area contributed by atoms with Gasteiger partial charge in [-0.2, -0.15) is 0 Å². The maximum Gasteiger partial charge on any atom is 0.295 e. The maximum absolute atomic E-state index is 12.0. The van der Waals surface area contributed by atoms with E-state index in [-0.39, 0.29) is 23.8 Å². The lowest BCUT2D eigenvalue weighted by molar-refractivity contribution is -0.146. The summed E-state index contributed by atoms with van der Waals surface area (Å²) in [6, 6.07) is 0. The first kappa shape index (κ1) is 17.4. The van der Waals surface area contributed by atoms with Crippen LogP contribution in [0.25, 0.3) is 0 Å². The molecule has 0 heterocycles. The minimum atomic E-state index is -1.81. The summed E-state index contributed by atoms with van der Waals surface area (Å²) in [5.74, 6) is -0.197. The van der Waals surface area contributed by atoms with Gasteiger partial charge in [-0.25, -0.2) is 0 Å². The van der Waals surface area contributed by atoms with Gasteiger partial charge in [0, 0.05) is 0 Å². The summed E-state index contributed by atoms with van der Waals surface area (Å²) in [5, 5.41) is 0. The van der Waals surface area contributed by atoms with Crippen molar-refractivity contribution in [3.63, 3.8) is 0 Å². The van der Waals surface area contributed by atoms with Gasteiger partial charge in [-0.15, -0.1) is 0 Å². The Labute approximate surface area is 124 Å². The molecule has 0 atom stereocenters. The van der Waals surface area contributed by atoms with Gasteiger partial charge in [0.1, 0.15) is 0 Å². The Hall–Kier alpha value is -0.626. The van der Waals surface area contributed by atoms with Crippen LogP contribution < -0.4 is 0 Å². The van der Waals surface area contributed by atoms with Crippen molar-refractivity contribution in [2.24, 2.45) is 11.8 Å². The van der Waals surface area contributed by atoms with E-state index in [1.807, 2.05) is 39.3 Å². The molecule has 20 heavy (non-hydrogen) atoms. The molecule has 6 heteroatoms. The van der Waals surface area contributed by atoms with Gasteiger partial charge in [-0.05, 0) is 65.0 Å². The summed E-state index contributed by atoms with van der Waals surface area (Å²) < 4.78 is 11.1. The van der Waals surface area contributed by atoms with Crippen molar-refractivity contribution in [1.82, 2.24) is 0 Å². The lowest BCUT2D eigenvalue weighted by atomic mass is 9.82. The van der Waals surface area contributed by atoms with Crippen LogP contribution in [0.5, 0.6) is 0 Å². The van der Waals surface area contributed by atoms with Crippen molar-refractivity contribution >= 4 is 28.6 Å². The molecule has 0 aliphatic heterocycles. The quantitative estimate of drug-likeness (QED) is 0.744. The van der Waals surface area contributed by atoms with E-state index in [1.165, 1.54) is 0 Å². The fourth-order valence-electron chi connectivity index (χ4n) is 2.34. The van der Waals surface area contributed by atoms with Gasteiger partial charge in [0.15, 0.2) is 0 Å². The SMILES string of the molecule is C[Si](C)(C)OC(=O)C1CCC(C(=O)O[Si](C)(C)C)CC1. The standard InChI is InChI=1S/C14H28O4Si2/c1-19(2,3)17-13(15)11-7-9-12(10-8-11)14(16)18-20(4,5)6/h11-12H,7-10H2,1-6H3. The molecule has 1 rings (SSSR count). The number of rotatable bonds is 4. The summed E-state index contributed by atoms with van der Waals surface area (Å²) in [5.41, 5.74) is 0. The van der Waals surface area contributed by atoms with Gasteiger partial charge in [-0.3, -0.25) is 9.59 Å². The molecule has 4 nitrogen and oxygen atoms in total. The zero-order valence-corrected chi connectivity index (χ0v) is 15.6. The zero-order chi connectivity index (χ0) is 15.6. The third-order valence-electron chi connectivity index (χ3n) is 3.21. The molecule has 1 aliphatic carbocycles. The third kappa shape index (κ3) is 6.22. The molecule has 1 fully saturated rings. The molecule has 1 aliphatic rings. The molecule has 0 spiro atoms. The average molecular weight is 317 g/mol. The Balaban J connectivity index is 2.44. The Kier molecular flexibility index (Phi) is 5.60. The Bertz CT molecular complexity index is 324. The van der Waals surface area contributed by atoms with E-state index in [4.69, 9.17) is 8.85 Å². The molecular formula is C14H28O4Si2. The largest absolute Gasteiger partial charge is 0.520 e. The average Bonchev–Trinajstić information content (AvgIpc) is 2.24. The van der Waals surface area contributed by atoms with Crippen molar-refractivity contribution in [2.45, 2.75) is 65.0 Å². The van der Waals surface area contributed by atoms with Gasteiger partial charge >= 0.3 is 0 Å². The predicted molar refractivity (Wildman–Crippen MR) is 84.3 cm³/mol. The van der Waals surface area contributed by atoms with Crippen LogP contribution in [0.3, 0.4) is 0 Å². The first-order chi connectivity index (χ1) is 8.98. The molecule has 116 valence electrons. The zero-order valence-electron chi connectivity index (χ0n) is 13.6. The summed E-state index contributed by atoms with van der Waals surface area (Å²) in [4.78, 5) is 24.0. The molecule has 0 saturated heterocycles. The van der Waals surface area contributed by atoms with Crippen LogP contribution in [-0.4, -0.2) is 28.6 Å². The van der Waals surface area contributed by atoms with E-state index in [0.29, 0.717) is 0 Å². The van der Waals surface area contributed by atoms with E-state index in [9.17, 15) is 9.59 Å². The van der Waals surface area contributed by atoms with Crippen molar-refractivity contribution < 1.29 is 18.4 Å². The smallest absolute Gasteiger partial charge is 0.295 e. The highest BCUT2D eigenvalue weighted by atomic mass is 28.4. The van der Waals surface area contributed by atoms with E-state index in [2.05, 4.69) is 0 Å². The topological polar surface area (TPSA) is 52.6 Å². The van der Waals surface area contributed by atoms with Gasteiger partial charge in [0.2, 0.25) is 16.6 Å². The molecule has 0 aromatic rings. The normalized spacial score (nSPS) is 24.1. The highest BCUT2D eigenvalue weighted by molar-refractivity contribution is 6.71. The second kappa shape index (κ2) is 6.43. The van der Waals surface area contributed by atoms with Gasteiger partial charge in [0.25, 0.3) is 11.9 Å². The molecule has 0 amide bonds. The summed E-state index contributed by atoms with van der Waals surface area (Å²) >= 11 is 0. The minimum absolute atomic E-state index is 0.0299. The molecular weight excluding hydrogens is 288 g/mol. The second-order valence-corrected chi connectivity index (χ2v) is 16.5. The van der Waals surface area contributed by atoms with Crippen LogP contribution in [0.4, 0.5) is 0 Å². The molecule has 0 N–H and O–H groups in total. The molecule has 0 aromatic heterocycles. The lowest BCUT2D eigenvalue weighted by Gasteiger charge is -2.30. The first-order valence-electron chi connectivity index (χ1n) is 7.44. The van der Waals surface area contributed by atoms with Crippen molar-refractivity contribution in [2.75, 3.05) is 0 Å². The molecule has 0 unspecified atom stereocenters. The van der Waals surface area contributed by atoms with Gasteiger partial charge < -0.3 is 8.85 Å². The highest BCUT2D eigenvalue weighted by Gasteiger charge is 2.34. The highest BCUT2D eigenvalue weighted by Crippen LogP contribution is 2.31. The van der Waals surface area contributed by atoms with E-state index >= 15 is 0 Å². The Morgan fingerprint density at radius 2 is 0.950 bits per heavy atom. The van der Waals surface area contributed by atoms with Gasteiger partial charge in [0.05, 0.1) is 11.8 Å². The summed E-state index contributed by atoms with van der Waals surface area (Å²) in [6.45, 7) is 12.1. The predicted octanol–water partition coefficient (Wildman–Crippen LogP) is 3.55. The molecule has 0 aromatic carbocycles. The summed E-state index contributed by atoms with van der Waals surface area (Å²) in [7, 11) is -3.62. The Morgan fingerprint density at radius 1 is 0.700 bits per heavy atom. The Morgan fingerprint density at radius 3 is 1.15 bits per heavy atom. The van der Waals surface area contributed by atoms with Crippen molar-refractivity contribution in [3.05, 3.63) is 0 Å². The van der Waals surface area contributed by atoms with Crippen LogP contribution in [0.1, 0.15) is 25.7 Å². The number of hydrogen-bond donors (Lipinski definition) is 0. The maximum atomic E-state index is 12.0. The lowest BCUT2D eigenvalue weighted by Crippen LogP contribution is -2.37. The number of carbonyl (C=O) groups excluding carboxylic acids is 2. The molecule has 1 saturated carbocycles. The van der Waals surface area contributed by atoms with Crippen LogP contribution in [0.2, 0.25) is 39.3 Å². The van der Waals surface area contributed by atoms with Crippen LogP contribution >= 0.6 is 0 Å². The molecule has 0 radical (unpaired) electrons. The first-order valence-corrected chi connectivity index (χ1v) is 14.3. The summed E-state index contributed by atoms with van der Waals surface area (Å²) in [6.07, 6.45) is 2.98. The van der Waals surface area contributed by atoms with Crippen LogP contribution in [0, 0.1) is 11.8 Å². The molecule has 0 bridgehead atoms. The van der Waals surface area contributed by atoms with Crippen molar-refractivity contribution in [1.29, 1.82) is 0 Å². The van der Waals surface area contributed by atoms with E-state index in [0.717, 1.165) is 25.7 Å². The fourth-order valence-corrected chi connectivity index (χ4v) is 3.88. The fraction of sp³-hybridized carbons (Fsp3) is 0.857. The second-order valence-electron chi connectivity index (χ2n) is 7.62. The van der Waals surface area contributed by atoms with Crippen LogP contribution in [-0.2, 0) is 18.4 Å². The number of hydrogen-bond acceptors (Lipinski definition) is 4.